The molecule has 1 aliphatic heterocycles. The lowest BCUT2D eigenvalue weighted by Crippen LogP contribution is -2.52. The number of carbonyl (C=O) groups excluding carboxylic acids is 3. The third-order valence-electron chi connectivity index (χ3n) is 4.01. The fraction of sp³-hybridized carbons (Fsp3) is 0.562. The van der Waals surface area contributed by atoms with E-state index in [9.17, 15) is 14.4 Å². The number of carbonyl (C=O) groups is 3. The topological polar surface area (TPSA) is 118 Å². The number of hydrogen-bond acceptors (Lipinski definition) is 5. The number of furan rings is 1. The molecule has 0 radical (unpaired) electrons. The summed E-state index contributed by atoms with van der Waals surface area (Å²) in [5.74, 6) is -0.791. The predicted octanol–water partition coefficient (Wildman–Crippen LogP) is -0.289. The molecule has 2 unspecified atom stereocenters. The Balaban J connectivity index is 1.88. The van der Waals surface area contributed by atoms with Gasteiger partial charge in [0.1, 0.15) is 6.04 Å². The third-order valence-corrected chi connectivity index (χ3v) is 4.01. The molecule has 2 rings (SSSR count). The van der Waals surface area contributed by atoms with Crippen molar-refractivity contribution < 1.29 is 18.8 Å². The molecular weight excluding hydrogens is 312 g/mol. The Kier molecular flexibility index (Phi) is 6.36. The Morgan fingerprint density at radius 3 is 2.92 bits per heavy atom. The highest BCUT2D eigenvalue weighted by Crippen LogP contribution is 2.17. The molecular formula is C16H24N4O4. The molecule has 4 N–H and O–H groups in total. The highest BCUT2D eigenvalue weighted by Gasteiger charge is 2.31. The minimum absolute atomic E-state index is 0.0785. The highest BCUT2D eigenvalue weighted by atomic mass is 16.3. The number of hydrogen-bond donors (Lipinski definition) is 3. The first-order chi connectivity index (χ1) is 11.5. The van der Waals surface area contributed by atoms with Gasteiger partial charge >= 0.3 is 0 Å². The predicted molar refractivity (Wildman–Crippen MR) is 87.0 cm³/mol. The molecule has 2 atom stereocenters. The first-order valence-electron chi connectivity index (χ1n) is 8.14. The van der Waals surface area contributed by atoms with E-state index in [2.05, 4.69) is 10.6 Å². The maximum Gasteiger partial charge on any atom is 0.287 e. The van der Waals surface area contributed by atoms with E-state index in [-0.39, 0.29) is 23.5 Å². The summed E-state index contributed by atoms with van der Waals surface area (Å²) in [4.78, 5) is 38.1. The molecule has 0 bridgehead atoms. The molecule has 0 spiro atoms. The quantitative estimate of drug-likeness (QED) is 0.660. The summed E-state index contributed by atoms with van der Waals surface area (Å²) in [6.07, 6.45) is 2.90. The zero-order chi connectivity index (χ0) is 17.5. The summed E-state index contributed by atoms with van der Waals surface area (Å²) in [7, 11) is 0. The summed E-state index contributed by atoms with van der Waals surface area (Å²) < 4.78 is 5.01. The van der Waals surface area contributed by atoms with Crippen LogP contribution in [0.15, 0.2) is 22.8 Å². The van der Waals surface area contributed by atoms with Gasteiger partial charge in [-0.05, 0) is 31.9 Å². The maximum atomic E-state index is 12.5. The summed E-state index contributed by atoms with van der Waals surface area (Å²) in [6, 6.07) is 2.45. The molecule has 1 aliphatic rings. The Morgan fingerprint density at radius 2 is 2.25 bits per heavy atom. The normalized spacial score (nSPS) is 18.8. The van der Waals surface area contributed by atoms with E-state index < -0.39 is 11.9 Å². The van der Waals surface area contributed by atoms with Crippen molar-refractivity contribution in [2.45, 2.75) is 25.8 Å². The average molecular weight is 336 g/mol. The lowest BCUT2D eigenvalue weighted by Gasteiger charge is -2.33. The first kappa shape index (κ1) is 18.0. The minimum Gasteiger partial charge on any atom is -0.459 e. The van der Waals surface area contributed by atoms with Gasteiger partial charge in [0, 0.05) is 26.2 Å². The number of rotatable bonds is 6. The van der Waals surface area contributed by atoms with Crippen molar-refractivity contribution in [2.75, 3.05) is 26.2 Å². The number of likely N-dealkylation sites (tertiary alicyclic amines) is 1. The van der Waals surface area contributed by atoms with Crippen molar-refractivity contribution in [3.05, 3.63) is 24.2 Å². The van der Waals surface area contributed by atoms with E-state index in [4.69, 9.17) is 10.2 Å². The average Bonchev–Trinajstić information content (AvgIpc) is 3.13. The van der Waals surface area contributed by atoms with Crippen LogP contribution in [0.3, 0.4) is 0 Å². The van der Waals surface area contributed by atoms with Crippen molar-refractivity contribution in [1.82, 2.24) is 15.5 Å². The van der Waals surface area contributed by atoms with E-state index >= 15 is 0 Å². The van der Waals surface area contributed by atoms with Crippen molar-refractivity contribution in [2.24, 2.45) is 11.7 Å². The van der Waals surface area contributed by atoms with E-state index in [1.165, 1.54) is 12.3 Å². The van der Waals surface area contributed by atoms with E-state index in [0.717, 1.165) is 12.8 Å². The molecule has 3 amide bonds. The Labute approximate surface area is 140 Å². The van der Waals surface area contributed by atoms with Crippen molar-refractivity contribution in [3.63, 3.8) is 0 Å². The van der Waals surface area contributed by atoms with Crippen LogP contribution in [0.5, 0.6) is 0 Å². The number of nitrogens with zero attached hydrogens (tertiary/aromatic N) is 1. The molecule has 1 fully saturated rings. The van der Waals surface area contributed by atoms with Crippen LogP contribution in [0.4, 0.5) is 0 Å². The van der Waals surface area contributed by atoms with Gasteiger partial charge < -0.3 is 25.7 Å². The van der Waals surface area contributed by atoms with E-state index in [0.29, 0.717) is 26.2 Å². The van der Waals surface area contributed by atoms with E-state index in [1.807, 2.05) is 0 Å². The first-order valence-corrected chi connectivity index (χ1v) is 8.14. The van der Waals surface area contributed by atoms with Gasteiger partial charge in [-0.2, -0.15) is 0 Å². The van der Waals surface area contributed by atoms with Crippen LogP contribution in [-0.2, 0) is 9.59 Å². The van der Waals surface area contributed by atoms with Crippen molar-refractivity contribution in [3.8, 4) is 0 Å². The van der Waals surface area contributed by atoms with Crippen LogP contribution in [-0.4, -0.2) is 54.8 Å². The monoisotopic (exact) mass is 336 g/mol. The Morgan fingerprint density at radius 1 is 1.46 bits per heavy atom. The number of nitrogens with two attached hydrogens (primary N) is 1. The Bertz CT molecular complexity index is 573. The molecule has 2 heterocycles. The van der Waals surface area contributed by atoms with Gasteiger partial charge in [0.15, 0.2) is 5.76 Å². The molecule has 1 aromatic heterocycles. The zero-order valence-electron chi connectivity index (χ0n) is 13.8. The number of piperidine rings is 1. The lowest BCUT2D eigenvalue weighted by atomic mass is 9.96. The van der Waals surface area contributed by atoms with Crippen molar-refractivity contribution in [1.29, 1.82) is 0 Å². The second-order valence-electron chi connectivity index (χ2n) is 5.88. The molecule has 0 saturated carbocycles. The lowest BCUT2D eigenvalue weighted by molar-refractivity contribution is -0.137. The largest absolute Gasteiger partial charge is 0.459 e. The summed E-state index contributed by atoms with van der Waals surface area (Å²) >= 11 is 0. The number of nitrogens with one attached hydrogen (secondary N) is 2. The molecule has 1 saturated heterocycles. The van der Waals surface area contributed by atoms with Crippen LogP contribution in [0, 0.1) is 5.92 Å². The third kappa shape index (κ3) is 4.58. The van der Waals surface area contributed by atoms with Crippen LogP contribution >= 0.6 is 0 Å². The van der Waals surface area contributed by atoms with Crippen LogP contribution in [0.1, 0.15) is 30.3 Å². The SMILES string of the molecule is CC(NC(=O)c1ccco1)C(=O)N1CCCC(C(=O)NCCN)C1. The summed E-state index contributed by atoms with van der Waals surface area (Å²) in [5.41, 5.74) is 5.38. The van der Waals surface area contributed by atoms with Crippen LogP contribution < -0.4 is 16.4 Å². The van der Waals surface area contributed by atoms with Gasteiger partial charge in [-0.1, -0.05) is 0 Å². The fourth-order valence-corrected chi connectivity index (χ4v) is 2.74. The van der Waals surface area contributed by atoms with Gasteiger partial charge in [0.2, 0.25) is 11.8 Å². The molecule has 8 heteroatoms. The van der Waals surface area contributed by atoms with Gasteiger partial charge in [-0.25, -0.2) is 0 Å². The van der Waals surface area contributed by atoms with Crippen LogP contribution in [0.25, 0.3) is 0 Å². The Hall–Kier alpha value is -2.35. The summed E-state index contributed by atoms with van der Waals surface area (Å²) in [5, 5.41) is 5.37. The number of amides is 3. The van der Waals surface area contributed by atoms with Gasteiger partial charge in [0.05, 0.1) is 12.2 Å². The zero-order valence-corrected chi connectivity index (χ0v) is 13.8. The maximum absolute atomic E-state index is 12.5. The fourth-order valence-electron chi connectivity index (χ4n) is 2.74. The van der Waals surface area contributed by atoms with Gasteiger partial charge in [-0.15, -0.1) is 0 Å². The second-order valence-corrected chi connectivity index (χ2v) is 5.88. The molecule has 0 aliphatic carbocycles. The molecule has 1 aromatic rings. The second kappa shape index (κ2) is 8.49. The molecule has 24 heavy (non-hydrogen) atoms. The molecule has 8 nitrogen and oxygen atoms in total. The van der Waals surface area contributed by atoms with E-state index in [1.54, 1.807) is 17.9 Å². The highest BCUT2D eigenvalue weighted by molar-refractivity contribution is 5.95. The van der Waals surface area contributed by atoms with Crippen LogP contribution in [0.2, 0.25) is 0 Å². The van der Waals surface area contributed by atoms with Gasteiger partial charge in [0.25, 0.3) is 5.91 Å². The molecule has 0 aromatic carbocycles. The van der Waals surface area contributed by atoms with Crippen molar-refractivity contribution >= 4 is 17.7 Å². The smallest absolute Gasteiger partial charge is 0.287 e. The van der Waals surface area contributed by atoms with Gasteiger partial charge in [-0.3, -0.25) is 14.4 Å². The summed E-state index contributed by atoms with van der Waals surface area (Å²) in [6.45, 7) is 3.38. The minimum atomic E-state index is -0.687. The molecule has 132 valence electrons. The standard InChI is InChI=1S/C16H24N4O4/c1-11(19-15(22)13-5-3-9-24-13)16(23)20-8-2-4-12(10-20)14(21)18-7-6-17/h3,5,9,11-12H,2,4,6-8,10,17H2,1H3,(H,18,21)(H,19,22).